The average molecular weight is 425 g/mol. The van der Waals surface area contributed by atoms with Crippen LogP contribution in [0.5, 0.6) is 0 Å². The first-order valence-electron chi connectivity index (χ1n) is 10.8. The van der Waals surface area contributed by atoms with E-state index in [9.17, 15) is 14.3 Å². The predicted octanol–water partition coefficient (Wildman–Crippen LogP) is 4.83. The number of hydrogen-bond acceptors (Lipinski definition) is 4. The minimum Gasteiger partial charge on any atom is -0.412 e. The lowest BCUT2D eigenvalue weighted by Gasteiger charge is -2.36. The Balaban J connectivity index is 1.85. The summed E-state index contributed by atoms with van der Waals surface area (Å²) >= 11 is 0. The normalized spacial score (nSPS) is 20.2. The second-order valence-electron chi connectivity index (χ2n) is 8.73. The summed E-state index contributed by atoms with van der Waals surface area (Å²) in [5, 5.41) is 14.4. The van der Waals surface area contributed by atoms with Crippen molar-refractivity contribution in [2.75, 3.05) is 14.1 Å². The lowest BCUT2D eigenvalue weighted by Crippen LogP contribution is -2.48. The molecule has 1 unspecified atom stereocenters. The zero-order valence-corrected chi connectivity index (χ0v) is 18.2. The summed E-state index contributed by atoms with van der Waals surface area (Å²) in [6, 6.07) is 12.3. The van der Waals surface area contributed by atoms with Gasteiger partial charge in [-0.1, -0.05) is 43.5 Å². The molecule has 1 spiro atoms. The second-order valence-corrected chi connectivity index (χ2v) is 8.73. The fraction of sp³-hybridized carbons (Fsp3) is 0.400. The fourth-order valence-electron chi connectivity index (χ4n) is 4.64. The van der Waals surface area contributed by atoms with Crippen molar-refractivity contribution in [2.45, 2.75) is 50.8 Å². The number of amides is 1. The van der Waals surface area contributed by atoms with Crippen LogP contribution >= 0.6 is 0 Å². The van der Waals surface area contributed by atoms with E-state index in [0.717, 1.165) is 54.4 Å². The van der Waals surface area contributed by atoms with Crippen LogP contribution in [-0.4, -0.2) is 42.0 Å². The summed E-state index contributed by atoms with van der Waals surface area (Å²) in [7, 11) is 3.30. The number of ether oxygens (including phenoxy) is 1. The van der Waals surface area contributed by atoms with Gasteiger partial charge < -0.3 is 14.7 Å². The molecule has 164 valence electrons. The molecule has 1 amide bonds. The molecule has 1 aliphatic heterocycles. The van der Waals surface area contributed by atoms with Crippen molar-refractivity contribution in [1.82, 2.24) is 10.2 Å². The van der Waals surface area contributed by atoms with Gasteiger partial charge in [0.05, 0.1) is 5.54 Å². The molecule has 1 aliphatic carbocycles. The highest BCUT2D eigenvalue weighted by Crippen LogP contribution is 2.45. The summed E-state index contributed by atoms with van der Waals surface area (Å²) < 4.78 is 19.3. The number of carbonyl (C=O) groups is 1. The van der Waals surface area contributed by atoms with Gasteiger partial charge in [-0.05, 0) is 60.2 Å². The van der Waals surface area contributed by atoms with E-state index < -0.39 is 17.9 Å². The summed E-state index contributed by atoms with van der Waals surface area (Å²) in [5.41, 5.74) is 3.64. The molecule has 4 rings (SSSR count). The van der Waals surface area contributed by atoms with Crippen molar-refractivity contribution in [3.05, 3.63) is 65.2 Å². The molecule has 2 N–H and O–H groups in total. The molecule has 0 saturated heterocycles. The van der Waals surface area contributed by atoms with Crippen molar-refractivity contribution < 1.29 is 19.0 Å². The van der Waals surface area contributed by atoms with Crippen LogP contribution in [-0.2, 0) is 4.74 Å². The van der Waals surface area contributed by atoms with Crippen LogP contribution in [0.4, 0.5) is 9.18 Å². The van der Waals surface area contributed by atoms with Crippen LogP contribution in [0.15, 0.2) is 48.2 Å². The Morgan fingerprint density at radius 3 is 2.39 bits per heavy atom. The van der Waals surface area contributed by atoms with E-state index in [1.807, 2.05) is 25.1 Å². The van der Waals surface area contributed by atoms with Crippen LogP contribution in [0.25, 0.3) is 16.7 Å². The Bertz CT molecular complexity index is 1010. The smallest absolute Gasteiger partial charge is 0.412 e. The Hall–Kier alpha value is -2.70. The van der Waals surface area contributed by atoms with E-state index >= 15 is 0 Å². The molecule has 1 heterocycles. The van der Waals surface area contributed by atoms with Crippen LogP contribution in [0.2, 0.25) is 0 Å². The first kappa shape index (κ1) is 21.5. The van der Waals surface area contributed by atoms with Gasteiger partial charge in [0.2, 0.25) is 0 Å². The molecule has 31 heavy (non-hydrogen) atoms. The summed E-state index contributed by atoms with van der Waals surface area (Å²) in [6.07, 6.45) is 3.35. The number of benzene rings is 2. The number of carbonyl (C=O) groups excluding carboxylic acids is 1. The molecule has 5 nitrogen and oxygen atoms in total. The molecule has 1 saturated carbocycles. The quantitative estimate of drug-likeness (QED) is 0.741. The van der Waals surface area contributed by atoms with E-state index in [1.54, 1.807) is 26.2 Å². The van der Waals surface area contributed by atoms with Crippen LogP contribution in [0.1, 0.15) is 43.2 Å². The lowest BCUT2D eigenvalue weighted by molar-refractivity contribution is 0.105. The Labute approximate surface area is 182 Å². The van der Waals surface area contributed by atoms with Gasteiger partial charge in [0.1, 0.15) is 17.8 Å². The Morgan fingerprint density at radius 1 is 1.10 bits per heavy atom. The highest BCUT2D eigenvalue weighted by Gasteiger charge is 2.48. The third kappa shape index (κ3) is 4.10. The lowest BCUT2D eigenvalue weighted by atomic mass is 9.80. The summed E-state index contributed by atoms with van der Waals surface area (Å²) in [5.74, 6) is 0.240. The molecule has 0 bridgehead atoms. The van der Waals surface area contributed by atoms with Gasteiger partial charge >= 0.3 is 6.09 Å². The zero-order valence-electron chi connectivity index (χ0n) is 18.2. The van der Waals surface area contributed by atoms with E-state index in [1.165, 1.54) is 17.0 Å². The SMILES string of the molecule is Cc1ccc(-c2ccc(F)cc2)cc1C1=C(OC(=O)N(C)C)C2(CCCCC2)NC1O. The highest BCUT2D eigenvalue weighted by molar-refractivity contribution is 5.82. The van der Waals surface area contributed by atoms with Gasteiger partial charge in [0.15, 0.2) is 0 Å². The first-order chi connectivity index (χ1) is 14.8. The summed E-state index contributed by atoms with van der Waals surface area (Å²) in [4.78, 5) is 13.9. The molecule has 2 aliphatic rings. The van der Waals surface area contributed by atoms with E-state index in [4.69, 9.17) is 4.74 Å². The van der Waals surface area contributed by atoms with Crippen molar-refractivity contribution in [1.29, 1.82) is 0 Å². The number of rotatable bonds is 3. The minimum atomic E-state index is -0.940. The van der Waals surface area contributed by atoms with Crippen molar-refractivity contribution in [3.8, 4) is 11.1 Å². The predicted molar refractivity (Wildman–Crippen MR) is 119 cm³/mol. The molecule has 0 radical (unpaired) electrons. The minimum absolute atomic E-state index is 0.286. The fourth-order valence-corrected chi connectivity index (χ4v) is 4.64. The average Bonchev–Trinajstić information content (AvgIpc) is 3.00. The van der Waals surface area contributed by atoms with Crippen LogP contribution in [0, 0.1) is 12.7 Å². The van der Waals surface area contributed by atoms with E-state index in [2.05, 4.69) is 5.32 Å². The summed E-state index contributed by atoms with van der Waals surface area (Å²) in [6.45, 7) is 1.97. The molecule has 2 aromatic carbocycles. The number of hydrogen-bond donors (Lipinski definition) is 2. The van der Waals surface area contributed by atoms with E-state index in [-0.39, 0.29) is 5.82 Å². The number of nitrogens with zero attached hydrogens (tertiary/aromatic N) is 1. The number of aryl methyl sites for hydroxylation is 1. The van der Waals surface area contributed by atoms with Crippen LogP contribution in [0.3, 0.4) is 0 Å². The van der Waals surface area contributed by atoms with Gasteiger partial charge in [0.25, 0.3) is 0 Å². The van der Waals surface area contributed by atoms with Gasteiger partial charge in [-0.25, -0.2) is 9.18 Å². The van der Waals surface area contributed by atoms with Crippen molar-refractivity contribution >= 4 is 11.7 Å². The highest BCUT2D eigenvalue weighted by atomic mass is 19.1. The van der Waals surface area contributed by atoms with Crippen molar-refractivity contribution in [2.24, 2.45) is 0 Å². The van der Waals surface area contributed by atoms with Gasteiger partial charge in [-0.3, -0.25) is 5.32 Å². The van der Waals surface area contributed by atoms with Gasteiger partial charge in [-0.15, -0.1) is 0 Å². The zero-order chi connectivity index (χ0) is 22.2. The number of aliphatic hydroxyl groups is 1. The number of halogens is 1. The third-order valence-electron chi connectivity index (χ3n) is 6.33. The molecule has 0 aromatic heterocycles. The molecular formula is C25H29FN2O3. The Kier molecular flexibility index (Phi) is 5.86. The molecule has 6 heteroatoms. The molecule has 1 atom stereocenters. The maximum Gasteiger partial charge on any atom is 0.414 e. The number of aliphatic hydroxyl groups excluding tert-OH is 1. The largest absolute Gasteiger partial charge is 0.414 e. The monoisotopic (exact) mass is 424 g/mol. The standard InChI is InChI=1S/C25H29FN2O3/c1-16-7-8-18(17-9-11-19(26)12-10-17)15-20(16)21-22(31-24(30)28(2)3)25(27-23(21)29)13-5-4-6-14-25/h7-12,15,23,27,29H,4-6,13-14H2,1-3H3. The van der Waals surface area contributed by atoms with Crippen molar-refractivity contribution in [3.63, 3.8) is 0 Å². The van der Waals surface area contributed by atoms with Gasteiger partial charge in [0, 0.05) is 19.7 Å². The number of nitrogens with one attached hydrogen (secondary N) is 1. The second kappa shape index (κ2) is 8.44. The molecule has 1 fully saturated rings. The van der Waals surface area contributed by atoms with Gasteiger partial charge in [-0.2, -0.15) is 0 Å². The third-order valence-corrected chi connectivity index (χ3v) is 6.33. The Morgan fingerprint density at radius 2 is 1.74 bits per heavy atom. The molecule has 2 aromatic rings. The topological polar surface area (TPSA) is 61.8 Å². The molecular weight excluding hydrogens is 395 g/mol. The van der Waals surface area contributed by atoms with E-state index in [0.29, 0.717) is 11.3 Å². The maximum atomic E-state index is 13.4. The van der Waals surface area contributed by atoms with Crippen LogP contribution < -0.4 is 5.32 Å². The maximum absolute atomic E-state index is 13.4. The first-order valence-corrected chi connectivity index (χ1v) is 10.8.